The first kappa shape index (κ1) is 23.6. The van der Waals surface area contributed by atoms with Gasteiger partial charge in [-0.15, -0.1) is 0 Å². The van der Waals surface area contributed by atoms with Crippen LogP contribution in [0.3, 0.4) is 0 Å². The maximum Gasteiger partial charge on any atom is 0.261 e. The fraction of sp³-hybridized carbons (Fsp3) is 0.318. The van der Waals surface area contributed by atoms with Crippen molar-refractivity contribution >= 4 is 40.7 Å². The van der Waals surface area contributed by atoms with E-state index in [1.54, 1.807) is 42.5 Å². The molecule has 160 valence electrons. The highest BCUT2D eigenvalue weighted by Gasteiger charge is 2.14. The van der Waals surface area contributed by atoms with Crippen LogP contribution in [0.25, 0.3) is 0 Å². The number of rotatable bonds is 9. The Balaban J connectivity index is 1.80. The molecule has 2 amide bonds. The summed E-state index contributed by atoms with van der Waals surface area (Å²) in [5.74, 6) is -0.214. The molecule has 0 bridgehead atoms. The first-order chi connectivity index (χ1) is 14.5. The van der Waals surface area contributed by atoms with Gasteiger partial charge < -0.3 is 4.74 Å². The molecule has 3 N–H and O–H groups in total. The van der Waals surface area contributed by atoms with E-state index >= 15 is 0 Å². The number of thiocarbonyl (C=S) groups is 1. The quantitative estimate of drug-likeness (QED) is 0.305. The van der Waals surface area contributed by atoms with E-state index in [1.165, 1.54) is 0 Å². The van der Waals surface area contributed by atoms with E-state index in [4.69, 9.17) is 28.6 Å². The molecule has 0 aliphatic heterocycles. The van der Waals surface area contributed by atoms with E-state index in [9.17, 15) is 9.59 Å². The Morgan fingerprint density at radius 1 is 1.00 bits per heavy atom. The highest BCUT2D eigenvalue weighted by Crippen LogP contribution is 2.18. The monoisotopic (exact) mass is 447 g/mol. The van der Waals surface area contributed by atoms with Crippen molar-refractivity contribution in [3.8, 4) is 5.75 Å². The normalized spacial score (nSPS) is 10.2. The Kier molecular flexibility index (Phi) is 10.1. The van der Waals surface area contributed by atoms with Crippen LogP contribution in [0.15, 0.2) is 48.5 Å². The lowest BCUT2D eigenvalue weighted by molar-refractivity contribution is -0.121. The third kappa shape index (κ3) is 8.39. The Morgan fingerprint density at radius 2 is 1.73 bits per heavy atom. The Labute approximate surface area is 187 Å². The summed E-state index contributed by atoms with van der Waals surface area (Å²) in [7, 11) is 0. The number of hydrogen-bond acceptors (Lipinski definition) is 4. The van der Waals surface area contributed by atoms with E-state index < -0.39 is 5.91 Å². The molecule has 2 aromatic carbocycles. The minimum atomic E-state index is -0.413. The van der Waals surface area contributed by atoms with Crippen molar-refractivity contribution in [3.63, 3.8) is 0 Å². The highest BCUT2D eigenvalue weighted by atomic mass is 35.5. The second-order valence-corrected chi connectivity index (χ2v) is 7.51. The number of hydrazine groups is 1. The summed E-state index contributed by atoms with van der Waals surface area (Å²) in [5, 5.41) is 3.13. The third-order valence-electron chi connectivity index (χ3n) is 4.21. The van der Waals surface area contributed by atoms with Gasteiger partial charge in [0, 0.05) is 5.02 Å². The summed E-state index contributed by atoms with van der Waals surface area (Å²) >= 11 is 10.9. The molecule has 0 aliphatic carbocycles. The van der Waals surface area contributed by atoms with E-state index in [2.05, 4.69) is 23.1 Å². The lowest BCUT2D eigenvalue weighted by atomic mass is 10.1. The average molecular weight is 448 g/mol. The smallest absolute Gasteiger partial charge is 0.261 e. The SMILES string of the molecule is CCCCCCOc1ccccc1C(=O)NC(=S)NNC(=O)Cc1ccc(Cl)cc1. The number of para-hydroxylation sites is 1. The second kappa shape index (κ2) is 12.8. The molecule has 0 atom stereocenters. The molecule has 0 unspecified atom stereocenters. The first-order valence-corrected chi connectivity index (χ1v) is 10.6. The van der Waals surface area contributed by atoms with Crippen LogP contribution in [0.4, 0.5) is 0 Å². The van der Waals surface area contributed by atoms with Gasteiger partial charge in [-0.25, -0.2) is 0 Å². The number of hydrogen-bond donors (Lipinski definition) is 3. The summed E-state index contributed by atoms with van der Waals surface area (Å²) in [4.78, 5) is 24.5. The van der Waals surface area contributed by atoms with Gasteiger partial charge in [-0.2, -0.15) is 0 Å². The van der Waals surface area contributed by atoms with Crippen molar-refractivity contribution in [1.29, 1.82) is 0 Å². The van der Waals surface area contributed by atoms with Crippen LogP contribution < -0.4 is 20.9 Å². The first-order valence-electron chi connectivity index (χ1n) is 9.86. The Bertz CT molecular complexity index is 859. The van der Waals surface area contributed by atoms with Crippen molar-refractivity contribution in [1.82, 2.24) is 16.2 Å². The van der Waals surface area contributed by atoms with E-state index in [1.807, 2.05) is 6.07 Å². The largest absolute Gasteiger partial charge is 0.493 e. The summed E-state index contributed by atoms with van der Waals surface area (Å²) in [6.45, 7) is 2.70. The summed E-state index contributed by atoms with van der Waals surface area (Å²) in [6.07, 6.45) is 4.49. The molecule has 8 heteroatoms. The molecule has 0 aromatic heterocycles. The van der Waals surface area contributed by atoms with E-state index in [0.29, 0.717) is 22.9 Å². The van der Waals surface area contributed by atoms with Gasteiger partial charge in [0.05, 0.1) is 18.6 Å². The topological polar surface area (TPSA) is 79.5 Å². The molecule has 0 spiro atoms. The molecule has 0 fully saturated rings. The number of carbonyl (C=O) groups excluding carboxylic acids is 2. The van der Waals surface area contributed by atoms with Gasteiger partial charge in [0.25, 0.3) is 5.91 Å². The number of ether oxygens (including phenoxy) is 1. The van der Waals surface area contributed by atoms with Gasteiger partial charge in [-0.3, -0.25) is 25.8 Å². The number of unbranched alkanes of at least 4 members (excludes halogenated alkanes) is 3. The molecular weight excluding hydrogens is 422 g/mol. The molecule has 0 radical (unpaired) electrons. The summed E-state index contributed by atoms with van der Waals surface area (Å²) in [5.41, 5.74) is 6.18. The van der Waals surface area contributed by atoms with Crippen molar-refractivity contribution in [2.24, 2.45) is 0 Å². The van der Waals surface area contributed by atoms with E-state index in [0.717, 1.165) is 31.2 Å². The van der Waals surface area contributed by atoms with Gasteiger partial charge in [0.15, 0.2) is 5.11 Å². The number of carbonyl (C=O) groups is 2. The Hall–Kier alpha value is -2.64. The molecule has 2 rings (SSSR count). The summed E-state index contributed by atoms with van der Waals surface area (Å²) in [6, 6.07) is 13.9. The van der Waals surface area contributed by atoms with Gasteiger partial charge in [0.2, 0.25) is 5.91 Å². The minimum Gasteiger partial charge on any atom is -0.493 e. The zero-order chi connectivity index (χ0) is 21.8. The number of benzene rings is 2. The zero-order valence-corrected chi connectivity index (χ0v) is 18.4. The number of nitrogens with one attached hydrogen (secondary N) is 3. The van der Waals surface area contributed by atoms with Crippen LogP contribution in [0.1, 0.15) is 48.5 Å². The van der Waals surface area contributed by atoms with Gasteiger partial charge in [-0.1, -0.05) is 62.1 Å². The summed E-state index contributed by atoms with van der Waals surface area (Å²) < 4.78 is 5.76. The van der Waals surface area contributed by atoms with Crippen LogP contribution in [0, 0.1) is 0 Å². The average Bonchev–Trinajstić information content (AvgIpc) is 2.74. The fourth-order valence-electron chi connectivity index (χ4n) is 2.65. The van der Waals surface area contributed by atoms with Crippen LogP contribution in [-0.4, -0.2) is 23.5 Å². The van der Waals surface area contributed by atoms with Gasteiger partial charge >= 0.3 is 0 Å². The maximum atomic E-state index is 12.5. The molecule has 0 aliphatic rings. The second-order valence-electron chi connectivity index (χ2n) is 6.66. The van der Waals surface area contributed by atoms with Gasteiger partial charge in [-0.05, 0) is 48.5 Å². The van der Waals surface area contributed by atoms with Gasteiger partial charge in [0.1, 0.15) is 5.75 Å². The molecule has 30 heavy (non-hydrogen) atoms. The van der Waals surface area contributed by atoms with Crippen molar-refractivity contribution in [3.05, 3.63) is 64.7 Å². The lowest BCUT2D eigenvalue weighted by Crippen LogP contribution is -2.48. The van der Waals surface area contributed by atoms with Crippen molar-refractivity contribution in [2.45, 2.75) is 39.0 Å². The number of amides is 2. The van der Waals surface area contributed by atoms with Crippen LogP contribution in [0.5, 0.6) is 5.75 Å². The standard InChI is InChI=1S/C22H26ClN3O3S/c1-2-3-4-7-14-29-19-9-6-5-8-18(19)21(28)24-22(30)26-25-20(27)15-16-10-12-17(23)13-11-16/h5-6,8-13H,2-4,7,14-15H2,1H3,(H,25,27)(H2,24,26,28,30). The molecule has 0 heterocycles. The predicted octanol–water partition coefficient (Wildman–Crippen LogP) is 4.18. The molecule has 2 aromatic rings. The lowest BCUT2D eigenvalue weighted by Gasteiger charge is -2.13. The highest BCUT2D eigenvalue weighted by molar-refractivity contribution is 7.80. The van der Waals surface area contributed by atoms with Crippen LogP contribution in [-0.2, 0) is 11.2 Å². The van der Waals surface area contributed by atoms with Crippen molar-refractivity contribution in [2.75, 3.05) is 6.61 Å². The van der Waals surface area contributed by atoms with Crippen LogP contribution in [0.2, 0.25) is 5.02 Å². The predicted molar refractivity (Wildman–Crippen MR) is 123 cm³/mol. The fourth-order valence-corrected chi connectivity index (χ4v) is 2.92. The number of halogens is 1. The zero-order valence-electron chi connectivity index (χ0n) is 16.9. The molecule has 0 saturated heterocycles. The minimum absolute atomic E-state index is 0.0118. The Morgan fingerprint density at radius 3 is 2.47 bits per heavy atom. The van der Waals surface area contributed by atoms with Crippen molar-refractivity contribution < 1.29 is 14.3 Å². The molecule has 6 nitrogen and oxygen atoms in total. The molecule has 0 saturated carbocycles. The third-order valence-corrected chi connectivity index (χ3v) is 4.66. The molecular formula is C22H26ClN3O3S. The van der Waals surface area contributed by atoms with E-state index in [-0.39, 0.29) is 17.4 Å². The maximum absolute atomic E-state index is 12.5. The van der Waals surface area contributed by atoms with Crippen LogP contribution >= 0.6 is 23.8 Å².